The lowest BCUT2D eigenvalue weighted by Gasteiger charge is -2.05. The number of para-hydroxylation sites is 1. The minimum Gasteiger partial charge on any atom is -0.478 e. The van der Waals surface area contributed by atoms with Crippen molar-refractivity contribution < 1.29 is 9.90 Å². The topological polar surface area (TPSA) is 42.2 Å². The highest BCUT2D eigenvalue weighted by Crippen LogP contribution is 2.25. The van der Waals surface area contributed by atoms with E-state index < -0.39 is 5.97 Å². The Morgan fingerprint density at radius 1 is 1.11 bits per heavy atom. The summed E-state index contributed by atoms with van der Waals surface area (Å²) in [5.41, 5.74) is 3.49. The molecule has 0 aliphatic rings. The number of aryl methyl sites for hydroxylation is 1. The number of rotatable bonds is 2. The summed E-state index contributed by atoms with van der Waals surface area (Å²) < 4.78 is 2.08. The zero-order chi connectivity index (χ0) is 13.4. The second-order valence-electron chi connectivity index (χ2n) is 4.55. The molecule has 0 saturated heterocycles. The van der Waals surface area contributed by atoms with Crippen molar-refractivity contribution in [2.75, 3.05) is 0 Å². The van der Waals surface area contributed by atoms with Crippen LogP contribution in [0.1, 0.15) is 15.9 Å². The van der Waals surface area contributed by atoms with Crippen LogP contribution in [0, 0.1) is 6.92 Å². The molecular formula is C16H13NO2. The number of fused-ring (bicyclic) bond motifs is 1. The van der Waals surface area contributed by atoms with Gasteiger partial charge in [-0.1, -0.05) is 18.2 Å². The SMILES string of the molecule is Cc1cn(-c2ccccc2)c2ccc(C(=O)O)cc12. The number of carbonyl (C=O) groups is 1. The molecule has 0 bridgehead atoms. The van der Waals surface area contributed by atoms with Crippen molar-refractivity contribution >= 4 is 16.9 Å². The first-order chi connectivity index (χ1) is 9.16. The van der Waals surface area contributed by atoms with E-state index in [1.165, 1.54) is 0 Å². The number of hydrogen-bond donors (Lipinski definition) is 1. The Hall–Kier alpha value is -2.55. The van der Waals surface area contributed by atoms with Crippen molar-refractivity contribution in [2.24, 2.45) is 0 Å². The molecule has 3 aromatic rings. The number of aromatic carboxylic acids is 1. The van der Waals surface area contributed by atoms with Gasteiger partial charge >= 0.3 is 5.97 Å². The third kappa shape index (κ3) is 1.89. The van der Waals surface area contributed by atoms with Crippen LogP contribution in [0.15, 0.2) is 54.7 Å². The maximum atomic E-state index is 11.0. The van der Waals surface area contributed by atoms with Crippen molar-refractivity contribution in [1.29, 1.82) is 0 Å². The maximum Gasteiger partial charge on any atom is 0.335 e. The molecule has 94 valence electrons. The molecular weight excluding hydrogens is 238 g/mol. The predicted molar refractivity (Wildman–Crippen MR) is 75.0 cm³/mol. The fraction of sp³-hybridized carbons (Fsp3) is 0.0625. The van der Waals surface area contributed by atoms with E-state index in [-0.39, 0.29) is 0 Å². The van der Waals surface area contributed by atoms with Crippen molar-refractivity contribution in [2.45, 2.75) is 6.92 Å². The van der Waals surface area contributed by atoms with Crippen molar-refractivity contribution in [3.63, 3.8) is 0 Å². The highest BCUT2D eigenvalue weighted by atomic mass is 16.4. The van der Waals surface area contributed by atoms with Gasteiger partial charge in [-0.3, -0.25) is 0 Å². The summed E-state index contributed by atoms with van der Waals surface area (Å²) in [4.78, 5) is 11.0. The lowest BCUT2D eigenvalue weighted by Crippen LogP contribution is -1.96. The Morgan fingerprint density at radius 3 is 2.53 bits per heavy atom. The Balaban J connectivity index is 2.26. The van der Waals surface area contributed by atoms with Crippen LogP contribution in [-0.4, -0.2) is 15.6 Å². The van der Waals surface area contributed by atoms with Crippen LogP contribution in [0.25, 0.3) is 16.6 Å². The number of carboxylic acid groups (broad SMARTS) is 1. The first kappa shape index (κ1) is 11.5. The normalized spacial score (nSPS) is 10.8. The predicted octanol–water partition coefficient (Wildman–Crippen LogP) is 3.64. The number of carboxylic acids is 1. The summed E-state index contributed by atoms with van der Waals surface area (Å²) in [6.07, 6.45) is 2.03. The van der Waals surface area contributed by atoms with Crippen LogP contribution in [0.4, 0.5) is 0 Å². The van der Waals surface area contributed by atoms with Gasteiger partial charge in [-0.2, -0.15) is 0 Å². The second kappa shape index (κ2) is 4.28. The molecule has 1 aromatic heterocycles. The van der Waals surface area contributed by atoms with Crippen molar-refractivity contribution in [1.82, 2.24) is 4.57 Å². The highest BCUT2D eigenvalue weighted by Gasteiger charge is 2.10. The summed E-state index contributed by atoms with van der Waals surface area (Å²) >= 11 is 0. The van der Waals surface area contributed by atoms with Crippen LogP contribution in [0.3, 0.4) is 0 Å². The van der Waals surface area contributed by atoms with Crippen LogP contribution < -0.4 is 0 Å². The van der Waals surface area contributed by atoms with E-state index in [9.17, 15) is 4.79 Å². The third-order valence-corrected chi connectivity index (χ3v) is 3.28. The summed E-state index contributed by atoms with van der Waals surface area (Å²) in [5, 5.41) is 10.0. The summed E-state index contributed by atoms with van der Waals surface area (Å²) in [6, 6.07) is 15.2. The van der Waals surface area contributed by atoms with Crippen LogP contribution in [-0.2, 0) is 0 Å². The lowest BCUT2D eigenvalue weighted by molar-refractivity contribution is 0.0697. The molecule has 1 N–H and O–H groups in total. The standard InChI is InChI=1S/C16H13NO2/c1-11-10-17(13-5-3-2-4-6-13)15-8-7-12(16(18)19)9-14(11)15/h2-10H,1H3,(H,18,19). The number of hydrogen-bond acceptors (Lipinski definition) is 1. The highest BCUT2D eigenvalue weighted by molar-refractivity contribution is 5.95. The molecule has 0 atom stereocenters. The van der Waals surface area contributed by atoms with Crippen molar-refractivity contribution in [3.05, 3.63) is 65.9 Å². The van der Waals surface area contributed by atoms with E-state index >= 15 is 0 Å². The van der Waals surface area contributed by atoms with Gasteiger partial charge in [-0.05, 0) is 42.8 Å². The lowest BCUT2D eigenvalue weighted by atomic mass is 10.1. The van der Waals surface area contributed by atoms with Gasteiger partial charge < -0.3 is 9.67 Å². The molecule has 0 saturated carbocycles. The van der Waals surface area contributed by atoms with E-state index in [4.69, 9.17) is 5.11 Å². The molecule has 0 aliphatic carbocycles. The summed E-state index contributed by atoms with van der Waals surface area (Å²) in [6.45, 7) is 1.99. The van der Waals surface area contributed by atoms with Crippen LogP contribution in [0.2, 0.25) is 0 Å². The monoisotopic (exact) mass is 251 g/mol. The van der Waals surface area contributed by atoms with Gasteiger partial charge in [-0.15, -0.1) is 0 Å². The molecule has 0 amide bonds. The molecule has 2 aromatic carbocycles. The zero-order valence-corrected chi connectivity index (χ0v) is 10.5. The average Bonchev–Trinajstić information content (AvgIpc) is 2.77. The minimum atomic E-state index is -0.895. The zero-order valence-electron chi connectivity index (χ0n) is 10.5. The molecule has 19 heavy (non-hydrogen) atoms. The Labute approximate surface area is 110 Å². The smallest absolute Gasteiger partial charge is 0.335 e. The van der Waals surface area contributed by atoms with Gasteiger partial charge in [0.1, 0.15) is 0 Å². The molecule has 0 spiro atoms. The fourth-order valence-electron chi connectivity index (χ4n) is 2.33. The molecule has 3 heteroatoms. The van der Waals surface area contributed by atoms with E-state index in [2.05, 4.69) is 4.57 Å². The maximum absolute atomic E-state index is 11.0. The van der Waals surface area contributed by atoms with E-state index in [0.717, 1.165) is 22.2 Å². The molecule has 0 unspecified atom stereocenters. The molecule has 0 fully saturated rings. The number of nitrogens with zero attached hydrogens (tertiary/aromatic N) is 1. The van der Waals surface area contributed by atoms with Gasteiger partial charge in [0, 0.05) is 17.3 Å². The molecule has 1 heterocycles. The quantitative estimate of drug-likeness (QED) is 0.755. The van der Waals surface area contributed by atoms with E-state index in [1.807, 2.05) is 49.5 Å². The van der Waals surface area contributed by atoms with E-state index in [0.29, 0.717) is 5.56 Å². The minimum absolute atomic E-state index is 0.321. The molecule has 0 aliphatic heterocycles. The largest absolute Gasteiger partial charge is 0.478 e. The van der Waals surface area contributed by atoms with E-state index in [1.54, 1.807) is 12.1 Å². The van der Waals surface area contributed by atoms with Gasteiger partial charge in [0.05, 0.1) is 11.1 Å². The first-order valence-corrected chi connectivity index (χ1v) is 6.07. The molecule has 3 nitrogen and oxygen atoms in total. The van der Waals surface area contributed by atoms with Gasteiger partial charge in [0.25, 0.3) is 0 Å². The number of benzene rings is 2. The van der Waals surface area contributed by atoms with Crippen LogP contribution in [0.5, 0.6) is 0 Å². The van der Waals surface area contributed by atoms with Gasteiger partial charge in [-0.25, -0.2) is 4.79 Å². The van der Waals surface area contributed by atoms with Gasteiger partial charge in [0.2, 0.25) is 0 Å². The Kier molecular flexibility index (Phi) is 2.60. The Bertz CT molecular complexity index is 757. The fourth-order valence-corrected chi connectivity index (χ4v) is 2.33. The second-order valence-corrected chi connectivity index (χ2v) is 4.55. The van der Waals surface area contributed by atoms with Gasteiger partial charge in [0.15, 0.2) is 0 Å². The Morgan fingerprint density at radius 2 is 1.84 bits per heavy atom. The number of aromatic nitrogens is 1. The van der Waals surface area contributed by atoms with Crippen molar-refractivity contribution in [3.8, 4) is 5.69 Å². The van der Waals surface area contributed by atoms with Crippen LogP contribution >= 0.6 is 0 Å². The first-order valence-electron chi connectivity index (χ1n) is 6.07. The summed E-state index contributed by atoms with van der Waals surface area (Å²) in [5.74, 6) is -0.895. The third-order valence-electron chi connectivity index (χ3n) is 3.28. The average molecular weight is 251 g/mol. The molecule has 3 rings (SSSR count). The molecule has 0 radical (unpaired) electrons. The summed E-state index contributed by atoms with van der Waals surface area (Å²) in [7, 11) is 0.